The van der Waals surface area contributed by atoms with Crippen molar-refractivity contribution in [3.05, 3.63) is 63.9 Å². The quantitative estimate of drug-likeness (QED) is 0.441. The molecule has 0 aliphatic heterocycles. The second-order valence-electron chi connectivity index (χ2n) is 5.91. The van der Waals surface area contributed by atoms with E-state index in [9.17, 15) is 8.42 Å². The number of hydrogen-bond acceptors (Lipinski definition) is 6. The zero-order chi connectivity index (χ0) is 21.0. The van der Waals surface area contributed by atoms with Gasteiger partial charge in [-0.3, -0.25) is 4.31 Å². The number of rotatable bonds is 8. The van der Waals surface area contributed by atoms with E-state index in [1.54, 1.807) is 61.0 Å². The van der Waals surface area contributed by atoms with Crippen LogP contribution in [0.3, 0.4) is 0 Å². The molecular formula is C20H20BrNO5S2. The molecule has 2 aromatic carbocycles. The highest BCUT2D eigenvalue weighted by atomic mass is 79.9. The molecule has 3 rings (SSSR count). The molecule has 0 aliphatic rings. The van der Waals surface area contributed by atoms with E-state index in [4.69, 9.17) is 14.2 Å². The molecule has 154 valence electrons. The number of anilines is 1. The normalized spacial score (nSPS) is 11.2. The molecule has 3 aromatic rings. The van der Waals surface area contributed by atoms with Crippen LogP contribution in [-0.2, 0) is 16.6 Å². The van der Waals surface area contributed by atoms with Crippen LogP contribution in [0.2, 0.25) is 0 Å². The van der Waals surface area contributed by atoms with Crippen molar-refractivity contribution in [2.75, 3.05) is 25.6 Å². The fourth-order valence-electron chi connectivity index (χ4n) is 2.83. The zero-order valence-corrected chi connectivity index (χ0v) is 19.3. The van der Waals surface area contributed by atoms with Crippen molar-refractivity contribution in [2.24, 2.45) is 0 Å². The third-order valence-electron chi connectivity index (χ3n) is 4.26. The van der Waals surface area contributed by atoms with Gasteiger partial charge in [0.25, 0.3) is 10.0 Å². The number of sulfonamides is 1. The molecule has 9 heteroatoms. The average Bonchev–Trinajstić information content (AvgIpc) is 3.28. The summed E-state index contributed by atoms with van der Waals surface area (Å²) in [6.45, 7) is 0.0710. The Morgan fingerprint density at radius 3 is 2.21 bits per heavy atom. The summed E-state index contributed by atoms with van der Waals surface area (Å²) < 4.78 is 45.4. The first kappa shape index (κ1) is 21.5. The lowest BCUT2D eigenvalue weighted by atomic mass is 10.2. The molecule has 1 heterocycles. The highest BCUT2D eigenvalue weighted by molar-refractivity contribution is 9.10. The summed E-state index contributed by atoms with van der Waals surface area (Å²) >= 11 is 4.69. The van der Waals surface area contributed by atoms with Crippen molar-refractivity contribution in [2.45, 2.75) is 10.8 Å². The molecule has 0 saturated carbocycles. The first-order chi connectivity index (χ1) is 13.9. The number of hydrogen-bond donors (Lipinski definition) is 0. The van der Waals surface area contributed by atoms with Gasteiger partial charge in [0.15, 0.2) is 11.5 Å². The maximum atomic E-state index is 13.5. The largest absolute Gasteiger partial charge is 0.495 e. The Morgan fingerprint density at radius 1 is 0.931 bits per heavy atom. The third-order valence-corrected chi connectivity index (χ3v) is 8.13. The van der Waals surface area contributed by atoms with E-state index in [1.807, 2.05) is 0 Å². The summed E-state index contributed by atoms with van der Waals surface area (Å²) in [5.74, 6) is 1.52. The summed E-state index contributed by atoms with van der Waals surface area (Å²) in [4.78, 5) is 0. The van der Waals surface area contributed by atoms with Crippen molar-refractivity contribution in [1.82, 2.24) is 0 Å². The fourth-order valence-corrected chi connectivity index (χ4v) is 5.83. The van der Waals surface area contributed by atoms with E-state index in [0.717, 1.165) is 0 Å². The van der Waals surface area contributed by atoms with Gasteiger partial charge in [-0.2, -0.15) is 0 Å². The fraction of sp³-hybridized carbons (Fsp3) is 0.200. The Hall–Kier alpha value is -2.23. The van der Waals surface area contributed by atoms with Crippen molar-refractivity contribution < 1.29 is 22.6 Å². The number of nitrogens with zero attached hydrogens (tertiary/aromatic N) is 1. The molecule has 0 unspecified atom stereocenters. The molecule has 0 aliphatic carbocycles. The average molecular weight is 498 g/mol. The predicted molar refractivity (Wildman–Crippen MR) is 118 cm³/mol. The van der Waals surface area contributed by atoms with Crippen LogP contribution in [-0.4, -0.2) is 29.7 Å². The summed E-state index contributed by atoms with van der Waals surface area (Å²) in [5.41, 5.74) is 1.17. The molecule has 0 atom stereocenters. The highest BCUT2D eigenvalue weighted by Crippen LogP contribution is 2.38. The number of halogens is 1. The topological polar surface area (TPSA) is 65.1 Å². The van der Waals surface area contributed by atoms with Gasteiger partial charge in [0, 0.05) is 4.47 Å². The zero-order valence-electron chi connectivity index (χ0n) is 16.1. The SMILES string of the molecule is COc1cc(Br)c(CN(c2ccccc2OC)S(=O)(=O)c2cccs2)cc1OC. The van der Waals surface area contributed by atoms with E-state index in [2.05, 4.69) is 15.9 Å². The van der Waals surface area contributed by atoms with Crippen LogP contribution in [0.1, 0.15) is 5.56 Å². The molecule has 0 saturated heterocycles. The molecule has 0 spiro atoms. The van der Waals surface area contributed by atoms with Gasteiger partial charge in [-0.1, -0.05) is 34.1 Å². The summed E-state index contributed by atoms with van der Waals surface area (Å²) in [7, 11) is 0.786. The Labute approximate surface area is 182 Å². The number of ether oxygens (including phenoxy) is 3. The molecule has 0 radical (unpaired) electrons. The van der Waals surface area contributed by atoms with Gasteiger partial charge in [0.2, 0.25) is 0 Å². The van der Waals surface area contributed by atoms with Crippen molar-refractivity contribution >= 4 is 43.0 Å². The van der Waals surface area contributed by atoms with Crippen LogP contribution in [0.5, 0.6) is 17.2 Å². The van der Waals surface area contributed by atoms with Crippen molar-refractivity contribution in [3.63, 3.8) is 0 Å². The number of para-hydroxylation sites is 2. The van der Waals surface area contributed by atoms with Gasteiger partial charge < -0.3 is 14.2 Å². The van der Waals surface area contributed by atoms with Gasteiger partial charge in [-0.25, -0.2) is 8.42 Å². The number of benzene rings is 2. The van der Waals surface area contributed by atoms with Crippen LogP contribution in [0.15, 0.2) is 62.6 Å². The lowest BCUT2D eigenvalue weighted by Gasteiger charge is -2.26. The monoisotopic (exact) mass is 497 g/mol. The van der Waals surface area contributed by atoms with E-state index in [0.29, 0.717) is 33.0 Å². The summed E-state index contributed by atoms with van der Waals surface area (Å²) in [6.07, 6.45) is 0. The lowest BCUT2D eigenvalue weighted by Crippen LogP contribution is -2.30. The minimum Gasteiger partial charge on any atom is -0.495 e. The maximum Gasteiger partial charge on any atom is 0.274 e. The molecule has 0 N–H and O–H groups in total. The molecular weight excluding hydrogens is 478 g/mol. The smallest absolute Gasteiger partial charge is 0.274 e. The van der Waals surface area contributed by atoms with Gasteiger partial charge in [-0.05, 0) is 41.3 Å². The third kappa shape index (κ3) is 4.36. The lowest BCUT2D eigenvalue weighted by molar-refractivity contribution is 0.354. The number of thiophene rings is 1. The Morgan fingerprint density at radius 2 is 1.59 bits per heavy atom. The molecule has 1 aromatic heterocycles. The van der Waals surface area contributed by atoms with Crippen LogP contribution in [0.4, 0.5) is 5.69 Å². The number of methoxy groups -OCH3 is 3. The first-order valence-corrected chi connectivity index (χ1v) is 11.6. The Balaban J connectivity index is 2.15. The van der Waals surface area contributed by atoms with Gasteiger partial charge in [0.05, 0.1) is 33.6 Å². The van der Waals surface area contributed by atoms with E-state index >= 15 is 0 Å². The second kappa shape index (κ2) is 9.06. The van der Waals surface area contributed by atoms with Crippen molar-refractivity contribution in [3.8, 4) is 17.2 Å². The summed E-state index contributed by atoms with van der Waals surface area (Å²) in [5, 5.41) is 1.74. The van der Waals surface area contributed by atoms with E-state index in [1.165, 1.54) is 29.9 Å². The van der Waals surface area contributed by atoms with Gasteiger partial charge in [-0.15, -0.1) is 11.3 Å². The minimum atomic E-state index is -3.81. The molecule has 0 amide bonds. The van der Waals surface area contributed by atoms with Crippen molar-refractivity contribution in [1.29, 1.82) is 0 Å². The van der Waals surface area contributed by atoms with Crippen LogP contribution >= 0.6 is 27.3 Å². The standard InChI is InChI=1S/C20H20BrNO5S2/c1-25-17-8-5-4-7-16(17)22(29(23,24)20-9-6-10-28-20)13-14-11-18(26-2)19(27-3)12-15(14)21/h4-12H,13H2,1-3H3. The van der Waals surface area contributed by atoms with E-state index in [-0.39, 0.29) is 10.8 Å². The Bertz CT molecular complexity index is 1080. The molecule has 29 heavy (non-hydrogen) atoms. The predicted octanol–water partition coefficient (Wildman–Crippen LogP) is 4.93. The molecule has 6 nitrogen and oxygen atoms in total. The molecule has 0 fully saturated rings. The van der Waals surface area contributed by atoms with Crippen LogP contribution in [0.25, 0.3) is 0 Å². The highest BCUT2D eigenvalue weighted by Gasteiger charge is 2.29. The molecule has 0 bridgehead atoms. The van der Waals surface area contributed by atoms with E-state index < -0.39 is 10.0 Å². The first-order valence-electron chi connectivity index (χ1n) is 8.52. The van der Waals surface area contributed by atoms with Gasteiger partial charge in [0.1, 0.15) is 9.96 Å². The van der Waals surface area contributed by atoms with Crippen LogP contribution in [0, 0.1) is 0 Å². The maximum absolute atomic E-state index is 13.5. The van der Waals surface area contributed by atoms with Crippen LogP contribution < -0.4 is 18.5 Å². The Kier molecular flexibility index (Phi) is 6.71. The second-order valence-corrected chi connectivity index (χ2v) is 9.81. The van der Waals surface area contributed by atoms with Gasteiger partial charge >= 0.3 is 0 Å². The summed E-state index contributed by atoms with van der Waals surface area (Å²) in [6, 6.07) is 13.8. The minimum absolute atomic E-state index is 0.0710.